The average molecular weight is 320 g/mol. The van der Waals surface area contributed by atoms with Gasteiger partial charge in [-0.15, -0.1) is 0 Å². The summed E-state index contributed by atoms with van der Waals surface area (Å²) in [5.41, 5.74) is 0.914. The topological polar surface area (TPSA) is 17.8 Å². The Morgan fingerprint density at radius 3 is 1.96 bits per heavy atom. The molecule has 0 aliphatic carbocycles. The zero-order valence-electron chi connectivity index (χ0n) is 13.6. The van der Waals surface area contributed by atoms with Crippen LogP contribution in [-0.2, 0) is 7.05 Å². The molecule has 0 spiro atoms. The Labute approximate surface area is 133 Å². The van der Waals surface area contributed by atoms with Crippen molar-refractivity contribution in [1.29, 1.82) is 0 Å². The fourth-order valence-corrected chi connectivity index (χ4v) is 2.19. The number of hydrogen-bond donors (Lipinski definition) is 0. The van der Waals surface area contributed by atoms with Crippen LogP contribution >= 0.6 is 0 Å². The third kappa shape index (κ3) is 3.55. The van der Waals surface area contributed by atoms with Crippen LogP contribution in [0.5, 0.6) is 0 Å². The quantitative estimate of drug-likeness (QED) is 0.588. The molecule has 5 heteroatoms. The first-order valence-electron chi connectivity index (χ1n) is 7.46. The van der Waals surface area contributed by atoms with Gasteiger partial charge in [0.15, 0.2) is 5.82 Å². The molecule has 0 saturated carbocycles. The first-order valence-corrected chi connectivity index (χ1v) is 7.46. The smallest absolute Gasteiger partial charge is 0.151 e. The van der Waals surface area contributed by atoms with Gasteiger partial charge in [-0.05, 0) is 42.3 Å². The third-order valence-corrected chi connectivity index (χ3v) is 3.29. The maximum absolute atomic E-state index is 14.0. The number of rotatable bonds is 1. The molecule has 0 fully saturated rings. The Balaban J connectivity index is 0.000000595. The standard InChI is InChI=1S/C15H11F3N2.C3H8/c1-8-12(16)4-10(5-13(8)17)9-3-11-7-20(2)19-15(11)14(18)6-9;1-3-2/h3-7H,1-2H3;3H2,1-2H3. The number of aromatic nitrogens is 2. The van der Waals surface area contributed by atoms with Gasteiger partial charge in [0, 0.05) is 24.2 Å². The van der Waals surface area contributed by atoms with Gasteiger partial charge in [-0.2, -0.15) is 5.10 Å². The summed E-state index contributed by atoms with van der Waals surface area (Å²) in [5, 5.41) is 4.58. The second kappa shape index (κ2) is 6.86. The van der Waals surface area contributed by atoms with E-state index in [2.05, 4.69) is 18.9 Å². The molecule has 3 rings (SSSR count). The lowest BCUT2D eigenvalue weighted by atomic mass is 10.0. The number of aryl methyl sites for hydroxylation is 1. The van der Waals surface area contributed by atoms with Gasteiger partial charge >= 0.3 is 0 Å². The second-order valence-electron chi connectivity index (χ2n) is 5.47. The van der Waals surface area contributed by atoms with E-state index in [1.165, 1.54) is 36.2 Å². The molecule has 1 heterocycles. The fourth-order valence-electron chi connectivity index (χ4n) is 2.19. The SMILES string of the molecule is CCC.Cc1c(F)cc(-c2cc(F)c3nn(C)cc3c2)cc1F. The third-order valence-electron chi connectivity index (χ3n) is 3.29. The number of nitrogens with zero attached hydrogens (tertiary/aromatic N) is 2. The molecule has 0 bridgehead atoms. The molecule has 0 saturated heterocycles. The van der Waals surface area contributed by atoms with Gasteiger partial charge < -0.3 is 0 Å². The lowest BCUT2D eigenvalue weighted by Crippen LogP contribution is -1.91. The van der Waals surface area contributed by atoms with Crippen LogP contribution < -0.4 is 0 Å². The second-order valence-corrected chi connectivity index (χ2v) is 5.47. The van der Waals surface area contributed by atoms with Crippen LogP contribution in [0, 0.1) is 24.4 Å². The molecule has 1 aromatic heterocycles. The van der Waals surface area contributed by atoms with Crippen molar-refractivity contribution in [2.45, 2.75) is 27.2 Å². The van der Waals surface area contributed by atoms with Crippen LogP contribution in [0.1, 0.15) is 25.8 Å². The van der Waals surface area contributed by atoms with Gasteiger partial charge in [0.1, 0.15) is 17.2 Å². The molecule has 0 unspecified atom stereocenters. The van der Waals surface area contributed by atoms with Crippen LogP contribution in [0.15, 0.2) is 30.5 Å². The zero-order valence-corrected chi connectivity index (χ0v) is 13.6. The first kappa shape index (κ1) is 17.1. The van der Waals surface area contributed by atoms with E-state index in [1.807, 2.05) is 0 Å². The molecule has 0 aliphatic heterocycles. The monoisotopic (exact) mass is 320 g/mol. The van der Waals surface area contributed by atoms with E-state index < -0.39 is 17.5 Å². The van der Waals surface area contributed by atoms with Crippen molar-refractivity contribution in [1.82, 2.24) is 9.78 Å². The Hall–Kier alpha value is -2.30. The highest BCUT2D eigenvalue weighted by molar-refractivity contribution is 5.84. The average Bonchev–Trinajstić information content (AvgIpc) is 2.86. The van der Waals surface area contributed by atoms with Gasteiger partial charge in [-0.3, -0.25) is 4.68 Å². The fraction of sp³-hybridized carbons (Fsp3) is 0.278. The minimum Gasteiger partial charge on any atom is -0.274 e. The summed E-state index contributed by atoms with van der Waals surface area (Å²) in [6.45, 7) is 5.61. The number of hydrogen-bond acceptors (Lipinski definition) is 1. The number of fused-ring (bicyclic) bond motifs is 1. The maximum atomic E-state index is 14.0. The lowest BCUT2D eigenvalue weighted by Gasteiger charge is -2.06. The highest BCUT2D eigenvalue weighted by atomic mass is 19.1. The van der Waals surface area contributed by atoms with Crippen LogP contribution in [0.25, 0.3) is 22.0 Å². The van der Waals surface area contributed by atoms with E-state index >= 15 is 0 Å². The minimum atomic E-state index is -0.647. The van der Waals surface area contributed by atoms with E-state index in [9.17, 15) is 13.2 Å². The summed E-state index contributed by atoms with van der Waals surface area (Å²) >= 11 is 0. The van der Waals surface area contributed by atoms with E-state index in [0.29, 0.717) is 16.5 Å². The molecule has 2 aromatic carbocycles. The van der Waals surface area contributed by atoms with E-state index in [1.54, 1.807) is 19.3 Å². The summed E-state index contributed by atoms with van der Waals surface area (Å²) in [4.78, 5) is 0. The van der Waals surface area contributed by atoms with E-state index in [0.717, 1.165) is 0 Å². The first-order chi connectivity index (χ1) is 10.9. The molecule has 122 valence electrons. The van der Waals surface area contributed by atoms with Crippen molar-refractivity contribution in [2.75, 3.05) is 0 Å². The van der Waals surface area contributed by atoms with Crippen molar-refractivity contribution in [3.8, 4) is 11.1 Å². The van der Waals surface area contributed by atoms with Crippen LogP contribution in [-0.4, -0.2) is 9.78 Å². The summed E-state index contributed by atoms with van der Waals surface area (Å²) in [6, 6.07) is 5.30. The Morgan fingerprint density at radius 2 is 1.39 bits per heavy atom. The normalized spacial score (nSPS) is 10.6. The molecule has 0 atom stereocenters. The molecular weight excluding hydrogens is 301 g/mol. The zero-order chi connectivity index (χ0) is 17.1. The maximum Gasteiger partial charge on any atom is 0.151 e. The summed E-state index contributed by atoms with van der Waals surface area (Å²) in [7, 11) is 1.68. The molecule has 0 aliphatic rings. The van der Waals surface area contributed by atoms with Crippen molar-refractivity contribution in [2.24, 2.45) is 7.05 Å². The van der Waals surface area contributed by atoms with Gasteiger partial charge in [-0.25, -0.2) is 13.2 Å². The minimum absolute atomic E-state index is 0.0447. The molecule has 0 amide bonds. The van der Waals surface area contributed by atoms with Crippen LogP contribution in [0.3, 0.4) is 0 Å². The number of benzene rings is 2. The van der Waals surface area contributed by atoms with Crippen molar-refractivity contribution >= 4 is 10.9 Å². The summed E-state index contributed by atoms with van der Waals surface area (Å²) < 4.78 is 42.6. The van der Waals surface area contributed by atoms with Gasteiger partial charge in [0.25, 0.3) is 0 Å². The summed E-state index contributed by atoms with van der Waals surface area (Å²) in [6.07, 6.45) is 2.91. The Kier molecular flexibility index (Phi) is 5.08. The van der Waals surface area contributed by atoms with Crippen molar-refractivity contribution < 1.29 is 13.2 Å². The van der Waals surface area contributed by atoms with Crippen LogP contribution in [0.2, 0.25) is 0 Å². The summed E-state index contributed by atoms with van der Waals surface area (Å²) in [5.74, 6) is -1.81. The lowest BCUT2D eigenvalue weighted by molar-refractivity contribution is 0.569. The molecule has 23 heavy (non-hydrogen) atoms. The van der Waals surface area contributed by atoms with Gasteiger partial charge in [0.2, 0.25) is 0 Å². The van der Waals surface area contributed by atoms with E-state index in [4.69, 9.17) is 0 Å². The van der Waals surface area contributed by atoms with E-state index in [-0.39, 0.29) is 11.1 Å². The van der Waals surface area contributed by atoms with Crippen LogP contribution in [0.4, 0.5) is 13.2 Å². The van der Waals surface area contributed by atoms with Crippen molar-refractivity contribution in [3.63, 3.8) is 0 Å². The van der Waals surface area contributed by atoms with Gasteiger partial charge in [-0.1, -0.05) is 20.3 Å². The van der Waals surface area contributed by atoms with Gasteiger partial charge in [0.05, 0.1) is 0 Å². The molecule has 2 nitrogen and oxygen atoms in total. The highest BCUT2D eigenvalue weighted by Gasteiger charge is 2.12. The molecule has 0 radical (unpaired) electrons. The predicted octanol–water partition coefficient (Wildman–Crippen LogP) is 5.38. The molecule has 3 aromatic rings. The Morgan fingerprint density at radius 1 is 0.913 bits per heavy atom. The predicted molar refractivity (Wildman–Crippen MR) is 86.7 cm³/mol. The Bertz CT molecular complexity index is 815. The van der Waals surface area contributed by atoms with Crippen molar-refractivity contribution in [3.05, 3.63) is 53.5 Å². The number of halogens is 3. The molecule has 0 N–H and O–H groups in total. The molecular formula is C18H19F3N2. The largest absolute Gasteiger partial charge is 0.274 e. The highest BCUT2D eigenvalue weighted by Crippen LogP contribution is 2.28.